The number of carboxylic acid groups (broad SMARTS) is 1. The molecular formula is C12H13N3O4. The highest BCUT2D eigenvalue weighted by Gasteiger charge is 2.21. The first-order valence-corrected chi connectivity index (χ1v) is 5.80. The second-order valence-electron chi connectivity index (χ2n) is 4.17. The zero-order valence-electron chi connectivity index (χ0n) is 10.2. The molecule has 0 spiro atoms. The number of aromatic nitrogens is 1. The molecule has 0 unspecified atom stereocenters. The van der Waals surface area contributed by atoms with E-state index in [0.29, 0.717) is 31.7 Å². The van der Waals surface area contributed by atoms with E-state index in [9.17, 15) is 14.4 Å². The van der Waals surface area contributed by atoms with E-state index >= 15 is 0 Å². The van der Waals surface area contributed by atoms with Crippen LogP contribution in [0.1, 0.15) is 20.8 Å². The third kappa shape index (κ3) is 2.87. The molecule has 0 aromatic carbocycles. The third-order valence-corrected chi connectivity index (χ3v) is 2.98. The maximum atomic E-state index is 12.1. The number of hydrogen-bond donors (Lipinski definition) is 1. The van der Waals surface area contributed by atoms with Crippen molar-refractivity contribution in [3.63, 3.8) is 0 Å². The maximum Gasteiger partial charge on any atom is 0.354 e. The number of hydrogen-bond acceptors (Lipinski definition) is 4. The molecule has 7 heteroatoms. The Morgan fingerprint density at radius 2 is 1.89 bits per heavy atom. The van der Waals surface area contributed by atoms with Gasteiger partial charge >= 0.3 is 5.97 Å². The highest BCUT2D eigenvalue weighted by molar-refractivity contribution is 5.95. The summed E-state index contributed by atoms with van der Waals surface area (Å²) in [5, 5.41) is 8.72. The van der Waals surface area contributed by atoms with Crippen LogP contribution in [0.5, 0.6) is 0 Å². The van der Waals surface area contributed by atoms with Gasteiger partial charge < -0.3 is 14.9 Å². The van der Waals surface area contributed by atoms with Gasteiger partial charge in [0.15, 0.2) is 0 Å². The van der Waals surface area contributed by atoms with Crippen LogP contribution < -0.4 is 0 Å². The molecule has 19 heavy (non-hydrogen) atoms. The van der Waals surface area contributed by atoms with Crippen LogP contribution >= 0.6 is 0 Å². The van der Waals surface area contributed by atoms with Gasteiger partial charge in [-0.05, 0) is 12.1 Å². The standard InChI is InChI=1S/C12H13N3O4/c16-8-14-3-5-15(6-4-14)11(17)9-1-2-10(12(18)19)13-7-9/h1-2,7-8H,3-6H2,(H,18,19). The summed E-state index contributed by atoms with van der Waals surface area (Å²) in [6, 6.07) is 2.75. The van der Waals surface area contributed by atoms with E-state index in [4.69, 9.17) is 5.11 Å². The van der Waals surface area contributed by atoms with Gasteiger partial charge in [-0.3, -0.25) is 9.59 Å². The van der Waals surface area contributed by atoms with Gasteiger partial charge in [0.25, 0.3) is 5.91 Å². The van der Waals surface area contributed by atoms with Crippen LogP contribution in [0.2, 0.25) is 0 Å². The number of rotatable bonds is 3. The number of carbonyl (C=O) groups excluding carboxylic acids is 2. The molecule has 0 aliphatic carbocycles. The first-order chi connectivity index (χ1) is 9.11. The van der Waals surface area contributed by atoms with E-state index in [1.165, 1.54) is 18.3 Å². The Kier molecular flexibility index (Phi) is 3.74. The normalized spacial score (nSPS) is 15.2. The average molecular weight is 263 g/mol. The summed E-state index contributed by atoms with van der Waals surface area (Å²) in [5.74, 6) is -1.33. The van der Waals surface area contributed by atoms with Crippen molar-refractivity contribution >= 4 is 18.3 Å². The first kappa shape index (κ1) is 13.0. The number of nitrogens with zero attached hydrogens (tertiary/aromatic N) is 3. The van der Waals surface area contributed by atoms with Crippen LogP contribution in [0.15, 0.2) is 18.3 Å². The predicted octanol–water partition coefficient (Wildman–Crippen LogP) is -0.306. The van der Waals surface area contributed by atoms with Gasteiger partial charge in [0.2, 0.25) is 6.41 Å². The Balaban J connectivity index is 2.04. The molecule has 2 amide bonds. The summed E-state index contributed by atoms with van der Waals surface area (Å²) in [6.45, 7) is 1.96. The fourth-order valence-electron chi connectivity index (χ4n) is 1.86. The van der Waals surface area contributed by atoms with E-state index in [2.05, 4.69) is 4.98 Å². The number of amides is 2. The summed E-state index contributed by atoms with van der Waals surface area (Å²) in [4.78, 5) is 40.3. The van der Waals surface area contributed by atoms with Crippen molar-refractivity contribution in [2.75, 3.05) is 26.2 Å². The molecule has 100 valence electrons. The van der Waals surface area contributed by atoms with Crippen molar-refractivity contribution in [1.82, 2.24) is 14.8 Å². The Morgan fingerprint density at radius 3 is 2.37 bits per heavy atom. The Morgan fingerprint density at radius 1 is 1.21 bits per heavy atom. The summed E-state index contributed by atoms with van der Waals surface area (Å²) in [5.41, 5.74) is 0.256. The van der Waals surface area contributed by atoms with E-state index < -0.39 is 5.97 Å². The zero-order valence-corrected chi connectivity index (χ0v) is 10.2. The summed E-state index contributed by atoms with van der Waals surface area (Å²) in [6.07, 6.45) is 2.03. The predicted molar refractivity (Wildman–Crippen MR) is 64.7 cm³/mol. The van der Waals surface area contributed by atoms with Crippen molar-refractivity contribution in [2.24, 2.45) is 0 Å². The van der Waals surface area contributed by atoms with Crippen molar-refractivity contribution < 1.29 is 19.5 Å². The molecule has 0 bridgehead atoms. The van der Waals surface area contributed by atoms with Crippen LogP contribution in [-0.2, 0) is 4.79 Å². The molecule has 1 N–H and O–H groups in total. The molecule has 1 fully saturated rings. The van der Waals surface area contributed by atoms with Crippen molar-refractivity contribution in [3.8, 4) is 0 Å². The number of carbonyl (C=O) groups is 3. The zero-order chi connectivity index (χ0) is 13.8. The monoisotopic (exact) mass is 263 g/mol. The molecular weight excluding hydrogens is 250 g/mol. The highest BCUT2D eigenvalue weighted by Crippen LogP contribution is 2.08. The van der Waals surface area contributed by atoms with Gasteiger partial charge in [-0.1, -0.05) is 0 Å². The van der Waals surface area contributed by atoms with Gasteiger partial charge in [0, 0.05) is 32.4 Å². The average Bonchev–Trinajstić information content (AvgIpc) is 2.46. The molecule has 0 saturated carbocycles. The van der Waals surface area contributed by atoms with Crippen LogP contribution in [0.3, 0.4) is 0 Å². The molecule has 2 heterocycles. The fraction of sp³-hybridized carbons (Fsp3) is 0.333. The van der Waals surface area contributed by atoms with Crippen molar-refractivity contribution in [1.29, 1.82) is 0 Å². The second-order valence-corrected chi connectivity index (χ2v) is 4.17. The summed E-state index contributed by atoms with van der Waals surface area (Å²) < 4.78 is 0. The minimum Gasteiger partial charge on any atom is -0.477 e. The third-order valence-electron chi connectivity index (χ3n) is 2.98. The molecule has 0 atom stereocenters. The Labute approximate surface area is 109 Å². The first-order valence-electron chi connectivity index (χ1n) is 5.80. The van der Waals surface area contributed by atoms with E-state index in [1.807, 2.05) is 0 Å². The fourth-order valence-corrected chi connectivity index (χ4v) is 1.86. The van der Waals surface area contributed by atoms with Crippen molar-refractivity contribution in [3.05, 3.63) is 29.6 Å². The van der Waals surface area contributed by atoms with Crippen LogP contribution in [0.25, 0.3) is 0 Å². The lowest BCUT2D eigenvalue weighted by molar-refractivity contribution is -0.119. The summed E-state index contributed by atoms with van der Waals surface area (Å²) >= 11 is 0. The molecule has 1 aliphatic heterocycles. The molecule has 1 saturated heterocycles. The van der Waals surface area contributed by atoms with E-state index in [0.717, 1.165) is 6.41 Å². The van der Waals surface area contributed by atoms with Crippen LogP contribution in [0.4, 0.5) is 0 Å². The van der Waals surface area contributed by atoms with Crippen LogP contribution in [0, 0.1) is 0 Å². The smallest absolute Gasteiger partial charge is 0.354 e. The van der Waals surface area contributed by atoms with Crippen LogP contribution in [-0.4, -0.2) is 64.4 Å². The number of pyridine rings is 1. The number of piperazine rings is 1. The van der Waals surface area contributed by atoms with Gasteiger partial charge in [-0.25, -0.2) is 9.78 Å². The minimum absolute atomic E-state index is 0.0951. The number of aromatic carboxylic acids is 1. The Bertz CT molecular complexity index is 492. The molecule has 0 radical (unpaired) electrons. The lowest BCUT2D eigenvalue weighted by Gasteiger charge is -2.32. The van der Waals surface area contributed by atoms with Gasteiger partial charge in [-0.15, -0.1) is 0 Å². The molecule has 1 aliphatic rings. The van der Waals surface area contributed by atoms with E-state index in [-0.39, 0.29) is 11.6 Å². The van der Waals surface area contributed by atoms with Crippen molar-refractivity contribution in [2.45, 2.75) is 0 Å². The minimum atomic E-state index is -1.13. The van der Waals surface area contributed by atoms with E-state index in [1.54, 1.807) is 9.80 Å². The maximum absolute atomic E-state index is 12.1. The molecule has 1 aromatic rings. The molecule has 1 aromatic heterocycles. The van der Waals surface area contributed by atoms with Gasteiger partial charge in [0.1, 0.15) is 5.69 Å². The second kappa shape index (κ2) is 5.47. The SMILES string of the molecule is O=CN1CCN(C(=O)c2ccc(C(=O)O)nc2)CC1. The lowest BCUT2D eigenvalue weighted by Crippen LogP contribution is -2.48. The quantitative estimate of drug-likeness (QED) is 0.756. The van der Waals surface area contributed by atoms with Gasteiger partial charge in [-0.2, -0.15) is 0 Å². The molecule has 2 rings (SSSR count). The highest BCUT2D eigenvalue weighted by atomic mass is 16.4. The van der Waals surface area contributed by atoms with Gasteiger partial charge in [0.05, 0.1) is 5.56 Å². The lowest BCUT2D eigenvalue weighted by atomic mass is 10.2. The summed E-state index contributed by atoms with van der Waals surface area (Å²) in [7, 11) is 0. The molecule has 7 nitrogen and oxygen atoms in total. The largest absolute Gasteiger partial charge is 0.477 e. The Hall–Kier alpha value is -2.44. The number of carboxylic acids is 1. The topological polar surface area (TPSA) is 90.8 Å².